The Kier molecular flexibility index (Phi) is 8.57. The molecule has 4 rings (SSSR count). The van der Waals surface area contributed by atoms with Gasteiger partial charge in [-0.2, -0.15) is 8.61 Å². The van der Waals surface area contributed by atoms with Gasteiger partial charge < -0.3 is 5.73 Å². The number of sulfonamides is 2. The Labute approximate surface area is 195 Å². The second-order valence-corrected chi connectivity index (χ2v) is 12.0. The van der Waals surface area contributed by atoms with Crippen molar-refractivity contribution in [2.75, 3.05) is 31.9 Å². The summed E-state index contributed by atoms with van der Waals surface area (Å²) < 4.78 is 51.8. The number of nitrogens with two attached hydrogens (primary N) is 1. The molecular weight excluding hydrogens is 464 g/mol. The maximum absolute atomic E-state index is 12.2. The molecule has 2 aromatic rings. The van der Waals surface area contributed by atoms with Gasteiger partial charge in [0.15, 0.2) is 0 Å². The minimum Gasteiger partial charge on any atom is -0.399 e. The maximum atomic E-state index is 12.2. The van der Waals surface area contributed by atoms with Crippen molar-refractivity contribution in [2.24, 2.45) is 5.18 Å². The van der Waals surface area contributed by atoms with Crippen LogP contribution in [0.3, 0.4) is 0 Å². The fraction of sp³-hybridized carbons (Fsp3) is 0.455. The van der Waals surface area contributed by atoms with Gasteiger partial charge in [0.1, 0.15) is 5.69 Å². The summed E-state index contributed by atoms with van der Waals surface area (Å²) in [5.74, 6) is 0. The van der Waals surface area contributed by atoms with E-state index in [4.69, 9.17) is 5.73 Å². The maximum Gasteiger partial charge on any atom is 0.243 e. The van der Waals surface area contributed by atoms with Crippen molar-refractivity contribution >= 4 is 31.4 Å². The Hall–Kier alpha value is -2.34. The van der Waals surface area contributed by atoms with Crippen LogP contribution in [0.2, 0.25) is 0 Å². The first-order valence-electron chi connectivity index (χ1n) is 11.0. The number of nitrogen functional groups attached to an aromatic ring is 1. The zero-order chi connectivity index (χ0) is 23.9. The van der Waals surface area contributed by atoms with E-state index < -0.39 is 20.0 Å². The lowest BCUT2D eigenvalue weighted by Crippen LogP contribution is -2.35. The molecule has 2 heterocycles. The second-order valence-electron chi connectivity index (χ2n) is 8.08. The summed E-state index contributed by atoms with van der Waals surface area (Å²) in [5.41, 5.74) is 6.36. The van der Waals surface area contributed by atoms with Crippen LogP contribution in [0, 0.1) is 4.91 Å². The van der Waals surface area contributed by atoms with Crippen molar-refractivity contribution in [1.29, 1.82) is 0 Å². The monoisotopic (exact) mass is 494 g/mol. The van der Waals surface area contributed by atoms with Crippen molar-refractivity contribution in [3.63, 3.8) is 0 Å². The Morgan fingerprint density at radius 1 is 0.606 bits per heavy atom. The molecule has 2 aliphatic rings. The molecule has 33 heavy (non-hydrogen) atoms. The van der Waals surface area contributed by atoms with E-state index in [1.54, 1.807) is 28.6 Å². The third-order valence-corrected chi connectivity index (χ3v) is 9.55. The van der Waals surface area contributed by atoms with E-state index in [9.17, 15) is 21.7 Å². The molecule has 2 aliphatic heterocycles. The SMILES string of the molecule is Nc1ccc(S(=O)(=O)N2CCCCC2)cc1.O=Nc1ccc(S(=O)(=O)N2CCCCC2)cc1. The molecule has 0 bridgehead atoms. The average molecular weight is 495 g/mol. The summed E-state index contributed by atoms with van der Waals surface area (Å²) in [6, 6.07) is 12.1. The molecule has 0 amide bonds. The third-order valence-electron chi connectivity index (χ3n) is 5.73. The van der Waals surface area contributed by atoms with Gasteiger partial charge in [-0.1, -0.05) is 12.8 Å². The lowest BCUT2D eigenvalue weighted by atomic mass is 10.2. The van der Waals surface area contributed by atoms with Gasteiger partial charge in [-0.3, -0.25) is 0 Å². The zero-order valence-electron chi connectivity index (χ0n) is 18.5. The summed E-state index contributed by atoms with van der Waals surface area (Å²) in [6.07, 6.45) is 5.93. The Morgan fingerprint density at radius 3 is 1.33 bits per heavy atom. The minimum absolute atomic E-state index is 0.229. The van der Waals surface area contributed by atoms with Crippen molar-refractivity contribution in [1.82, 2.24) is 8.61 Å². The van der Waals surface area contributed by atoms with Crippen molar-refractivity contribution < 1.29 is 16.8 Å². The summed E-state index contributed by atoms with van der Waals surface area (Å²) >= 11 is 0. The quantitative estimate of drug-likeness (QED) is 0.498. The first-order chi connectivity index (χ1) is 15.7. The van der Waals surface area contributed by atoms with Crippen LogP contribution >= 0.6 is 0 Å². The molecule has 11 heteroatoms. The molecule has 0 aliphatic carbocycles. The van der Waals surface area contributed by atoms with E-state index in [-0.39, 0.29) is 10.6 Å². The topological polar surface area (TPSA) is 130 Å². The average Bonchev–Trinajstić information content (AvgIpc) is 2.86. The summed E-state index contributed by atoms with van der Waals surface area (Å²) in [7, 11) is -6.70. The van der Waals surface area contributed by atoms with Crippen LogP contribution in [0.15, 0.2) is 63.5 Å². The number of rotatable bonds is 5. The number of benzene rings is 2. The van der Waals surface area contributed by atoms with E-state index in [2.05, 4.69) is 5.18 Å². The standard InChI is InChI=1S/C11H14N2O3S.C11H16N2O2S/c14-12-10-4-6-11(7-5-10)17(15,16)13-8-2-1-3-9-13;12-10-4-6-11(7-5-10)16(14,15)13-8-2-1-3-9-13/h4-7H,1-3,8-9H2;4-7H,1-3,8-9,12H2. The number of nitrogens with zero attached hydrogens (tertiary/aromatic N) is 3. The van der Waals surface area contributed by atoms with E-state index >= 15 is 0 Å². The molecule has 0 atom stereocenters. The highest BCUT2D eigenvalue weighted by molar-refractivity contribution is 7.89. The summed E-state index contributed by atoms with van der Waals surface area (Å²) in [5, 5.41) is 2.75. The van der Waals surface area contributed by atoms with Gasteiger partial charge in [-0.05, 0) is 79.4 Å². The van der Waals surface area contributed by atoms with E-state index in [0.717, 1.165) is 38.5 Å². The van der Waals surface area contributed by atoms with Gasteiger partial charge in [0.25, 0.3) is 0 Å². The normalized spacial score (nSPS) is 18.2. The van der Waals surface area contributed by atoms with Gasteiger partial charge in [0.2, 0.25) is 20.0 Å². The van der Waals surface area contributed by atoms with Crippen LogP contribution in [0.25, 0.3) is 0 Å². The Balaban J connectivity index is 0.000000186. The summed E-state index contributed by atoms with van der Waals surface area (Å²) in [6.45, 7) is 2.42. The van der Waals surface area contributed by atoms with Crippen LogP contribution in [-0.2, 0) is 20.0 Å². The predicted octanol–water partition coefficient (Wildman–Crippen LogP) is 3.70. The molecule has 2 fully saturated rings. The fourth-order valence-corrected chi connectivity index (χ4v) is 6.86. The minimum atomic E-state index is -3.40. The first kappa shape index (κ1) is 25.3. The van der Waals surface area contributed by atoms with Crippen LogP contribution in [-0.4, -0.2) is 51.6 Å². The van der Waals surface area contributed by atoms with E-state index in [1.165, 1.54) is 28.6 Å². The highest BCUT2D eigenvalue weighted by Gasteiger charge is 2.26. The largest absolute Gasteiger partial charge is 0.399 e. The molecule has 2 aromatic carbocycles. The van der Waals surface area contributed by atoms with Crippen molar-refractivity contribution in [2.45, 2.75) is 48.3 Å². The fourth-order valence-electron chi connectivity index (χ4n) is 3.83. The van der Waals surface area contributed by atoms with Crippen molar-refractivity contribution in [3.8, 4) is 0 Å². The molecule has 0 radical (unpaired) electrons. The van der Waals surface area contributed by atoms with Crippen LogP contribution in [0.1, 0.15) is 38.5 Å². The van der Waals surface area contributed by atoms with Crippen molar-refractivity contribution in [3.05, 3.63) is 53.4 Å². The van der Waals surface area contributed by atoms with E-state index in [1.807, 2.05) is 0 Å². The summed E-state index contributed by atoms with van der Waals surface area (Å²) in [4.78, 5) is 10.8. The number of nitroso groups, excluding NO2 is 1. The van der Waals surface area contributed by atoms with Gasteiger partial charge >= 0.3 is 0 Å². The Bertz CT molecular complexity index is 1120. The van der Waals surface area contributed by atoms with Crippen LogP contribution in [0.4, 0.5) is 11.4 Å². The molecule has 180 valence electrons. The Morgan fingerprint density at radius 2 is 0.970 bits per heavy atom. The molecule has 0 aromatic heterocycles. The van der Waals surface area contributed by atoms with Crippen LogP contribution in [0.5, 0.6) is 0 Å². The first-order valence-corrected chi connectivity index (χ1v) is 13.9. The third kappa shape index (κ3) is 6.38. The van der Waals surface area contributed by atoms with Gasteiger partial charge in [0, 0.05) is 31.9 Å². The van der Waals surface area contributed by atoms with E-state index in [0.29, 0.717) is 36.8 Å². The predicted molar refractivity (Wildman–Crippen MR) is 128 cm³/mol. The lowest BCUT2D eigenvalue weighted by molar-refractivity contribution is 0.346. The number of piperidine rings is 2. The molecule has 2 N–H and O–H groups in total. The van der Waals surface area contributed by atoms with Gasteiger partial charge in [-0.15, -0.1) is 4.91 Å². The zero-order valence-corrected chi connectivity index (χ0v) is 20.1. The van der Waals surface area contributed by atoms with Gasteiger partial charge in [-0.25, -0.2) is 16.8 Å². The molecule has 2 saturated heterocycles. The number of anilines is 1. The van der Waals surface area contributed by atoms with Crippen LogP contribution < -0.4 is 5.73 Å². The highest BCUT2D eigenvalue weighted by Crippen LogP contribution is 2.23. The molecule has 9 nitrogen and oxygen atoms in total. The molecular formula is C22H30N4O5S2. The molecule has 0 unspecified atom stereocenters. The lowest BCUT2D eigenvalue weighted by Gasteiger charge is -2.25. The van der Waals surface area contributed by atoms with Gasteiger partial charge in [0.05, 0.1) is 9.79 Å². The highest BCUT2D eigenvalue weighted by atomic mass is 32.2. The number of hydrogen-bond donors (Lipinski definition) is 1. The second kappa shape index (κ2) is 11.2. The smallest absolute Gasteiger partial charge is 0.243 e. The molecule has 0 saturated carbocycles. The number of hydrogen-bond acceptors (Lipinski definition) is 7. The molecule has 0 spiro atoms.